The van der Waals surface area contributed by atoms with Crippen molar-refractivity contribution in [1.82, 2.24) is 4.90 Å². The highest BCUT2D eigenvalue weighted by Crippen LogP contribution is 2.26. The standard InChI is InChI=1S/C27H30ClN3O4S/c1-3-31(36(33,34)26-13-7-21(2)8-14-26)23-9-11-25(12-10-23)35-20-27(32)30-17-15-29(16-18-30)24-6-4-5-22(28)19-24/h4-14,19H,3,15-18,20H2,1-2H3. The Bertz CT molecular complexity index is 1290. The van der Waals surface area contributed by atoms with E-state index >= 15 is 0 Å². The van der Waals surface area contributed by atoms with E-state index in [1.165, 1.54) is 4.31 Å². The number of rotatable bonds is 8. The molecule has 0 unspecified atom stereocenters. The molecule has 0 spiro atoms. The third kappa shape index (κ3) is 5.94. The van der Waals surface area contributed by atoms with Crippen LogP contribution in [-0.4, -0.2) is 58.6 Å². The summed E-state index contributed by atoms with van der Waals surface area (Å²) in [5, 5.41) is 0.695. The summed E-state index contributed by atoms with van der Waals surface area (Å²) in [4.78, 5) is 16.9. The van der Waals surface area contributed by atoms with E-state index in [1.54, 1.807) is 60.4 Å². The Hall–Kier alpha value is -3.23. The lowest BCUT2D eigenvalue weighted by Crippen LogP contribution is -2.50. The van der Waals surface area contributed by atoms with Crippen LogP contribution in [0.25, 0.3) is 0 Å². The molecule has 1 saturated heterocycles. The van der Waals surface area contributed by atoms with Gasteiger partial charge in [-0.25, -0.2) is 8.42 Å². The molecule has 36 heavy (non-hydrogen) atoms. The Balaban J connectivity index is 1.32. The number of anilines is 2. The SMILES string of the molecule is CCN(c1ccc(OCC(=O)N2CCN(c3cccc(Cl)c3)CC2)cc1)S(=O)(=O)c1ccc(C)cc1. The van der Waals surface area contributed by atoms with Crippen LogP contribution in [0.5, 0.6) is 5.75 Å². The molecule has 0 atom stereocenters. The molecular weight excluding hydrogens is 498 g/mol. The molecule has 7 nitrogen and oxygen atoms in total. The second-order valence-corrected chi connectivity index (χ2v) is 10.9. The van der Waals surface area contributed by atoms with Gasteiger partial charge in [0, 0.05) is 43.4 Å². The van der Waals surface area contributed by atoms with E-state index in [-0.39, 0.29) is 24.0 Å². The molecule has 0 saturated carbocycles. The van der Waals surface area contributed by atoms with Crippen molar-refractivity contribution < 1.29 is 17.9 Å². The van der Waals surface area contributed by atoms with Crippen LogP contribution in [0, 0.1) is 6.92 Å². The fourth-order valence-corrected chi connectivity index (χ4v) is 5.82. The number of amides is 1. The lowest BCUT2D eigenvalue weighted by molar-refractivity contribution is -0.133. The summed E-state index contributed by atoms with van der Waals surface area (Å²) < 4.78 is 33.3. The first-order chi connectivity index (χ1) is 17.3. The van der Waals surface area contributed by atoms with Gasteiger partial charge in [-0.05, 0) is 68.4 Å². The van der Waals surface area contributed by atoms with E-state index in [1.807, 2.05) is 31.2 Å². The highest BCUT2D eigenvalue weighted by molar-refractivity contribution is 7.92. The van der Waals surface area contributed by atoms with Crippen molar-refractivity contribution in [3.05, 3.63) is 83.4 Å². The zero-order chi connectivity index (χ0) is 25.7. The minimum Gasteiger partial charge on any atom is -0.484 e. The smallest absolute Gasteiger partial charge is 0.264 e. The minimum absolute atomic E-state index is 0.0737. The number of carbonyl (C=O) groups is 1. The normalized spacial score (nSPS) is 14.0. The topological polar surface area (TPSA) is 70.2 Å². The molecule has 4 rings (SSSR count). The molecule has 1 amide bonds. The molecule has 0 radical (unpaired) electrons. The summed E-state index contributed by atoms with van der Waals surface area (Å²) in [7, 11) is -3.68. The van der Waals surface area contributed by atoms with Gasteiger partial charge >= 0.3 is 0 Å². The predicted octanol–water partition coefficient (Wildman–Crippen LogP) is 4.59. The fraction of sp³-hybridized carbons (Fsp3) is 0.296. The van der Waals surface area contributed by atoms with Crippen LogP contribution >= 0.6 is 11.6 Å². The average molecular weight is 528 g/mol. The quantitative estimate of drug-likeness (QED) is 0.428. The lowest BCUT2D eigenvalue weighted by atomic mass is 10.2. The number of hydrogen-bond acceptors (Lipinski definition) is 5. The number of piperazine rings is 1. The van der Waals surface area contributed by atoms with Crippen molar-refractivity contribution in [2.24, 2.45) is 0 Å². The molecule has 3 aromatic rings. The van der Waals surface area contributed by atoms with Gasteiger partial charge in [-0.1, -0.05) is 35.4 Å². The van der Waals surface area contributed by atoms with Gasteiger partial charge in [-0.2, -0.15) is 0 Å². The molecule has 1 aliphatic rings. The number of aryl methyl sites for hydroxylation is 1. The molecule has 0 aliphatic carbocycles. The van der Waals surface area contributed by atoms with Crippen molar-refractivity contribution in [3.63, 3.8) is 0 Å². The van der Waals surface area contributed by atoms with Crippen molar-refractivity contribution in [1.29, 1.82) is 0 Å². The van der Waals surface area contributed by atoms with Crippen molar-refractivity contribution in [2.45, 2.75) is 18.7 Å². The maximum atomic E-state index is 13.1. The zero-order valence-electron chi connectivity index (χ0n) is 20.4. The van der Waals surface area contributed by atoms with E-state index in [9.17, 15) is 13.2 Å². The third-order valence-corrected chi connectivity index (χ3v) is 8.34. The Labute approximate surface area is 217 Å². The van der Waals surface area contributed by atoms with E-state index < -0.39 is 10.0 Å². The van der Waals surface area contributed by atoms with Gasteiger partial charge in [0.2, 0.25) is 0 Å². The Morgan fingerprint density at radius 1 is 0.972 bits per heavy atom. The summed E-state index contributed by atoms with van der Waals surface area (Å²) in [6.07, 6.45) is 0. The monoisotopic (exact) mass is 527 g/mol. The van der Waals surface area contributed by atoms with Gasteiger partial charge in [0.25, 0.3) is 15.9 Å². The van der Waals surface area contributed by atoms with Crippen LogP contribution < -0.4 is 13.9 Å². The van der Waals surface area contributed by atoms with Gasteiger partial charge in [0.15, 0.2) is 6.61 Å². The fourth-order valence-electron chi connectivity index (χ4n) is 4.16. The first-order valence-corrected chi connectivity index (χ1v) is 13.7. The first-order valence-electron chi connectivity index (χ1n) is 11.9. The average Bonchev–Trinajstić information content (AvgIpc) is 2.88. The number of benzene rings is 3. The van der Waals surface area contributed by atoms with Crippen molar-refractivity contribution >= 4 is 38.9 Å². The number of nitrogens with zero attached hydrogens (tertiary/aromatic N) is 3. The Morgan fingerprint density at radius 2 is 1.64 bits per heavy atom. The second kappa shape index (κ2) is 11.2. The van der Waals surface area contributed by atoms with E-state index in [0.717, 1.165) is 24.3 Å². The van der Waals surface area contributed by atoms with Crippen LogP contribution in [0.15, 0.2) is 77.7 Å². The Kier molecular flexibility index (Phi) is 8.06. The van der Waals surface area contributed by atoms with Gasteiger partial charge in [-0.15, -0.1) is 0 Å². The molecule has 0 N–H and O–H groups in total. The first kappa shape index (κ1) is 25.9. The molecule has 190 valence electrons. The molecule has 0 aromatic heterocycles. The largest absolute Gasteiger partial charge is 0.484 e. The summed E-state index contributed by atoms with van der Waals surface area (Å²) in [5.74, 6) is 0.426. The van der Waals surface area contributed by atoms with Crippen molar-refractivity contribution in [2.75, 3.05) is 48.5 Å². The molecule has 1 aliphatic heterocycles. The van der Waals surface area contributed by atoms with Gasteiger partial charge in [0.1, 0.15) is 5.75 Å². The van der Waals surface area contributed by atoms with Gasteiger partial charge in [0.05, 0.1) is 10.6 Å². The molecular formula is C27H30ClN3O4S. The number of ether oxygens (including phenoxy) is 1. The third-order valence-electron chi connectivity index (χ3n) is 6.19. The summed E-state index contributed by atoms with van der Waals surface area (Å²) in [6, 6.07) is 21.3. The maximum Gasteiger partial charge on any atom is 0.264 e. The zero-order valence-corrected chi connectivity index (χ0v) is 22.0. The van der Waals surface area contributed by atoms with Crippen LogP contribution in [0.3, 0.4) is 0 Å². The maximum absolute atomic E-state index is 13.1. The second-order valence-electron chi connectivity index (χ2n) is 8.61. The summed E-state index contributed by atoms with van der Waals surface area (Å²) >= 11 is 6.09. The molecule has 0 bridgehead atoms. The number of hydrogen-bond donors (Lipinski definition) is 0. The molecule has 3 aromatic carbocycles. The Morgan fingerprint density at radius 3 is 2.25 bits per heavy atom. The summed E-state index contributed by atoms with van der Waals surface area (Å²) in [6.45, 7) is 6.59. The minimum atomic E-state index is -3.68. The predicted molar refractivity (Wildman–Crippen MR) is 144 cm³/mol. The highest BCUT2D eigenvalue weighted by atomic mass is 35.5. The van der Waals surface area contributed by atoms with Crippen molar-refractivity contribution in [3.8, 4) is 5.75 Å². The van der Waals surface area contributed by atoms with E-state index in [2.05, 4.69) is 4.90 Å². The van der Waals surface area contributed by atoms with Crippen LogP contribution in [0.2, 0.25) is 5.02 Å². The number of carbonyl (C=O) groups excluding carboxylic acids is 1. The van der Waals surface area contributed by atoms with Crippen LogP contribution in [0.1, 0.15) is 12.5 Å². The van der Waals surface area contributed by atoms with Gasteiger partial charge < -0.3 is 14.5 Å². The number of halogens is 1. The van der Waals surface area contributed by atoms with E-state index in [0.29, 0.717) is 29.5 Å². The highest BCUT2D eigenvalue weighted by Gasteiger charge is 2.24. The van der Waals surface area contributed by atoms with Gasteiger partial charge in [-0.3, -0.25) is 9.10 Å². The summed E-state index contributed by atoms with van der Waals surface area (Å²) in [5.41, 5.74) is 2.58. The molecule has 1 fully saturated rings. The number of sulfonamides is 1. The molecule has 9 heteroatoms. The van der Waals surface area contributed by atoms with E-state index in [4.69, 9.17) is 16.3 Å². The van der Waals surface area contributed by atoms with Crippen LogP contribution in [0.4, 0.5) is 11.4 Å². The molecule has 1 heterocycles. The van der Waals surface area contributed by atoms with Crippen LogP contribution in [-0.2, 0) is 14.8 Å². The lowest BCUT2D eigenvalue weighted by Gasteiger charge is -2.36.